The van der Waals surface area contributed by atoms with Crippen LogP contribution in [0.25, 0.3) is 10.3 Å². The van der Waals surface area contributed by atoms with Crippen molar-refractivity contribution in [3.8, 4) is 12.3 Å². The number of nitrogens with zero attached hydrogens (tertiary/aromatic N) is 4. The Balaban J connectivity index is 1.44. The number of hydrogen-bond acceptors (Lipinski definition) is 7. The standard InChI is InChI=1S/C20H19N5O3S2/c1-2-8-22-30(27,28)16-6-3-5-15(14-16)19(26)24-10-12-25(13-11-24)20-23-17-7-4-9-21-18(17)29-20/h1,3-7,9,14,22H,8,10-13H2. The van der Waals surface area contributed by atoms with Gasteiger partial charge in [0.25, 0.3) is 5.91 Å². The molecule has 3 heterocycles. The Morgan fingerprint density at radius 2 is 2.00 bits per heavy atom. The van der Waals surface area contributed by atoms with Crippen molar-refractivity contribution >= 4 is 42.7 Å². The van der Waals surface area contributed by atoms with Crippen molar-refractivity contribution < 1.29 is 13.2 Å². The van der Waals surface area contributed by atoms with Crippen LogP contribution in [0.3, 0.4) is 0 Å². The van der Waals surface area contributed by atoms with Gasteiger partial charge in [0.1, 0.15) is 10.3 Å². The number of benzene rings is 1. The highest BCUT2D eigenvalue weighted by Crippen LogP contribution is 2.27. The van der Waals surface area contributed by atoms with Gasteiger partial charge in [0, 0.05) is 37.9 Å². The molecule has 0 bridgehead atoms. The van der Waals surface area contributed by atoms with E-state index >= 15 is 0 Å². The summed E-state index contributed by atoms with van der Waals surface area (Å²) in [7, 11) is -3.75. The lowest BCUT2D eigenvalue weighted by Crippen LogP contribution is -2.48. The van der Waals surface area contributed by atoms with Crippen molar-refractivity contribution in [2.45, 2.75) is 4.90 Å². The van der Waals surface area contributed by atoms with Crippen LogP contribution >= 0.6 is 11.3 Å². The molecule has 0 unspecified atom stereocenters. The molecule has 0 radical (unpaired) electrons. The van der Waals surface area contributed by atoms with Crippen LogP contribution < -0.4 is 9.62 Å². The van der Waals surface area contributed by atoms with Crippen LogP contribution in [-0.4, -0.2) is 61.9 Å². The quantitative estimate of drug-likeness (QED) is 0.604. The Kier molecular flexibility index (Phi) is 5.67. The summed E-state index contributed by atoms with van der Waals surface area (Å²) in [6.07, 6.45) is 6.86. The van der Waals surface area contributed by atoms with Gasteiger partial charge in [-0.05, 0) is 30.3 Å². The van der Waals surface area contributed by atoms with Crippen molar-refractivity contribution in [1.82, 2.24) is 19.6 Å². The van der Waals surface area contributed by atoms with E-state index in [1.54, 1.807) is 23.2 Å². The predicted molar refractivity (Wildman–Crippen MR) is 116 cm³/mol. The molecular weight excluding hydrogens is 422 g/mol. The normalized spacial score (nSPS) is 14.6. The zero-order chi connectivity index (χ0) is 21.1. The lowest BCUT2D eigenvalue weighted by Gasteiger charge is -2.34. The van der Waals surface area contributed by atoms with E-state index in [4.69, 9.17) is 6.42 Å². The number of fused-ring (bicyclic) bond motifs is 1. The van der Waals surface area contributed by atoms with E-state index in [-0.39, 0.29) is 17.3 Å². The minimum absolute atomic E-state index is 0.0178. The topological polar surface area (TPSA) is 95.5 Å². The second kappa shape index (κ2) is 8.39. The highest BCUT2D eigenvalue weighted by molar-refractivity contribution is 7.89. The van der Waals surface area contributed by atoms with Gasteiger partial charge in [0.05, 0.1) is 11.4 Å². The van der Waals surface area contributed by atoms with Gasteiger partial charge in [0.2, 0.25) is 10.0 Å². The van der Waals surface area contributed by atoms with Crippen molar-refractivity contribution in [2.24, 2.45) is 0 Å². The molecule has 4 rings (SSSR count). The maximum Gasteiger partial charge on any atom is 0.254 e. The molecule has 2 aromatic heterocycles. The van der Waals surface area contributed by atoms with Gasteiger partial charge in [-0.2, -0.15) is 4.72 Å². The third-order valence-electron chi connectivity index (χ3n) is 4.75. The van der Waals surface area contributed by atoms with Crippen LogP contribution in [0.15, 0.2) is 47.5 Å². The number of carbonyl (C=O) groups is 1. The summed E-state index contributed by atoms with van der Waals surface area (Å²) in [6.45, 7) is 2.23. The third-order valence-corrected chi connectivity index (χ3v) is 7.19. The maximum absolute atomic E-state index is 12.9. The monoisotopic (exact) mass is 441 g/mol. The summed E-state index contributed by atoms with van der Waals surface area (Å²) < 4.78 is 26.8. The summed E-state index contributed by atoms with van der Waals surface area (Å²) in [4.78, 5) is 26.6. The molecule has 1 aromatic carbocycles. The minimum Gasteiger partial charge on any atom is -0.344 e. The van der Waals surface area contributed by atoms with Crippen LogP contribution in [0.1, 0.15) is 10.4 Å². The van der Waals surface area contributed by atoms with E-state index in [0.29, 0.717) is 31.7 Å². The zero-order valence-electron chi connectivity index (χ0n) is 16.0. The molecule has 0 saturated carbocycles. The number of aromatic nitrogens is 2. The van der Waals surface area contributed by atoms with Crippen molar-refractivity contribution in [1.29, 1.82) is 0 Å². The SMILES string of the molecule is C#CCNS(=O)(=O)c1cccc(C(=O)N2CCN(c3nc4cccnc4s3)CC2)c1. The van der Waals surface area contributed by atoms with Crippen LogP contribution in [0.5, 0.6) is 0 Å². The first kappa shape index (κ1) is 20.3. The molecule has 1 amide bonds. The fourth-order valence-corrected chi connectivity index (χ4v) is 5.13. The molecule has 1 aliphatic rings. The van der Waals surface area contributed by atoms with Crippen LogP contribution in [-0.2, 0) is 10.0 Å². The molecule has 30 heavy (non-hydrogen) atoms. The average Bonchev–Trinajstić information content (AvgIpc) is 3.22. The highest BCUT2D eigenvalue weighted by atomic mass is 32.2. The molecule has 0 spiro atoms. The second-order valence-corrected chi connectivity index (χ2v) is 9.38. The number of piperazine rings is 1. The van der Waals surface area contributed by atoms with Crippen LogP contribution in [0.2, 0.25) is 0 Å². The number of rotatable bonds is 5. The van der Waals surface area contributed by atoms with E-state index < -0.39 is 10.0 Å². The number of terminal acetylenes is 1. The van der Waals surface area contributed by atoms with Gasteiger partial charge in [-0.1, -0.05) is 23.3 Å². The molecule has 1 N–H and O–H groups in total. The first-order valence-electron chi connectivity index (χ1n) is 9.27. The Labute approximate surface area is 178 Å². The van der Waals surface area contributed by atoms with Gasteiger partial charge >= 0.3 is 0 Å². The molecule has 10 heteroatoms. The zero-order valence-corrected chi connectivity index (χ0v) is 17.6. The Bertz CT molecular complexity index is 1190. The second-order valence-electron chi connectivity index (χ2n) is 6.66. The summed E-state index contributed by atoms with van der Waals surface area (Å²) >= 11 is 1.53. The van der Waals surface area contributed by atoms with Crippen molar-refractivity contribution in [2.75, 3.05) is 37.6 Å². The summed E-state index contributed by atoms with van der Waals surface area (Å²) in [6, 6.07) is 9.79. The van der Waals surface area contributed by atoms with Gasteiger partial charge in [-0.3, -0.25) is 4.79 Å². The Hall–Kier alpha value is -3.00. The molecule has 3 aromatic rings. The van der Waals surface area contributed by atoms with Crippen LogP contribution in [0, 0.1) is 12.3 Å². The maximum atomic E-state index is 12.9. The summed E-state index contributed by atoms with van der Waals surface area (Å²) in [5, 5.41) is 0.892. The Morgan fingerprint density at radius 1 is 1.20 bits per heavy atom. The van der Waals surface area contributed by atoms with E-state index in [1.165, 1.54) is 23.5 Å². The molecule has 154 valence electrons. The van der Waals surface area contributed by atoms with Gasteiger partial charge in [-0.25, -0.2) is 18.4 Å². The van der Waals surface area contributed by atoms with Crippen LogP contribution in [0.4, 0.5) is 5.13 Å². The lowest BCUT2D eigenvalue weighted by atomic mass is 10.2. The molecule has 1 fully saturated rings. The van der Waals surface area contributed by atoms with E-state index in [0.717, 1.165) is 15.5 Å². The summed E-state index contributed by atoms with van der Waals surface area (Å²) in [5.74, 6) is 2.03. The first-order chi connectivity index (χ1) is 14.5. The first-order valence-corrected chi connectivity index (χ1v) is 11.6. The van der Waals surface area contributed by atoms with Crippen molar-refractivity contribution in [3.05, 3.63) is 48.2 Å². The number of sulfonamides is 1. The molecule has 0 atom stereocenters. The molecule has 0 aliphatic carbocycles. The lowest BCUT2D eigenvalue weighted by molar-refractivity contribution is 0.0746. The number of carbonyl (C=O) groups excluding carboxylic acids is 1. The Morgan fingerprint density at radius 3 is 2.73 bits per heavy atom. The molecule has 1 saturated heterocycles. The number of pyridine rings is 1. The number of hydrogen-bond donors (Lipinski definition) is 1. The molecule has 1 aliphatic heterocycles. The summed E-state index contributed by atoms with van der Waals surface area (Å²) in [5.41, 5.74) is 1.20. The minimum atomic E-state index is -3.75. The van der Waals surface area contributed by atoms with Gasteiger partial charge in [-0.15, -0.1) is 6.42 Å². The van der Waals surface area contributed by atoms with E-state index in [2.05, 4.69) is 25.5 Å². The van der Waals surface area contributed by atoms with Gasteiger partial charge in [0.15, 0.2) is 5.13 Å². The third kappa shape index (κ3) is 4.14. The smallest absolute Gasteiger partial charge is 0.254 e. The van der Waals surface area contributed by atoms with Gasteiger partial charge < -0.3 is 9.80 Å². The fourth-order valence-electron chi connectivity index (χ4n) is 3.19. The fraction of sp³-hybridized carbons (Fsp3) is 0.250. The molecule has 8 nitrogen and oxygen atoms in total. The number of thiazole rings is 1. The average molecular weight is 442 g/mol. The van der Waals surface area contributed by atoms with E-state index in [1.807, 2.05) is 12.1 Å². The van der Waals surface area contributed by atoms with E-state index in [9.17, 15) is 13.2 Å². The molecular formula is C20H19N5O3S2. The van der Waals surface area contributed by atoms with Crippen molar-refractivity contribution in [3.63, 3.8) is 0 Å². The number of amides is 1. The number of nitrogens with one attached hydrogen (secondary N) is 1. The number of anilines is 1. The predicted octanol–water partition coefficient (Wildman–Crippen LogP) is 1.57. The largest absolute Gasteiger partial charge is 0.344 e. The highest BCUT2D eigenvalue weighted by Gasteiger charge is 2.25.